The third kappa shape index (κ3) is 1.68. The number of carbonyl (C=O) groups is 1. The number of ketones is 1. The molecule has 4 fully saturated rings. The Morgan fingerprint density at radius 1 is 1.12 bits per heavy atom. The second-order valence-electron chi connectivity index (χ2n) is 9.86. The Bertz CT molecular complexity index is 558. The van der Waals surface area contributed by atoms with Crippen molar-refractivity contribution in [2.75, 3.05) is 6.61 Å². The van der Waals surface area contributed by atoms with Crippen molar-refractivity contribution in [1.82, 2.24) is 0 Å². The van der Waals surface area contributed by atoms with Gasteiger partial charge in [0.15, 0.2) is 0 Å². The van der Waals surface area contributed by atoms with Gasteiger partial charge < -0.3 is 15.3 Å². The molecule has 0 radical (unpaired) electrons. The lowest BCUT2D eigenvalue weighted by Gasteiger charge is -2.65. The van der Waals surface area contributed by atoms with Crippen LogP contribution in [0.1, 0.15) is 59.3 Å². The lowest BCUT2D eigenvalue weighted by Crippen LogP contribution is -2.68. The second-order valence-corrected chi connectivity index (χ2v) is 9.86. The number of aliphatic hydroxyl groups is 3. The zero-order valence-electron chi connectivity index (χ0n) is 15.2. The first-order valence-corrected chi connectivity index (χ1v) is 9.75. The standard InChI is InChI=1S/C20H32O4/c1-11-12-5-6-13-19(10-21)8-4-7-18(2,3)14(19)9-15(22)20(13,16(11)23)17(12)24/h11-15,17,21-22,24H,4-10H2,1-3H3. The number of fused-ring (bicyclic) bond motifs is 3. The normalized spacial score (nSPS) is 55.8. The molecule has 4 aliphatic rings. The van der Waals surface area contributed by atoms with Gasteiger partial charge in [-0.2, -0.15) is 0 Å². The molecule has 0 aromatic rings. The first-order chi connectivity index (χ1) is 11.2. The number of rotatable bonds is 1. The highest BCUT2D eigenvalue weighted by Gasteiger charge is 2.75. The van der Waals surface area contributed by atoms with Gasteiger partial charge in [-0.05, 0) is 55.3 Å². The maximum absolute atomic E-state index is 13.3. The SMILES string of the molecule is CC1C(=O)C23C(O)CC4C(C)(C)CCCC4(CO)C2CCC1C3O. The zero-order valence-corrected chi connectivity index (χ0v) is 15.2. The molecule has 0 saturated heterocycles. The number of Topliss-reactive ketones (excluding diaryl/α,β-unsaturated/α-hetero) is 1. The Kier molecular flexibility index (Phi) is 3.57. The maximum atomic E-state index is 13.3. The average molecular weight is 336 g/mol. The number of hydrogen-bond acceptors (Lipinski definition) is 4. The first-order valence-electron chi connectivity index (χ1n) is 9.75. The van der Waals surface area contributed by atoms with Crippen LogP contribution in [0.5, 0.6) is 0 Å². The summed E-state index contributed by atoms with van der Waals surface area (Å²) in [6.07, 6.45) is 3.76. The van der Waals surface area contributed by atoms with Gasteiger partial charge in [0.05, 0.1) is 17.6 Å². The summed E-state index contributed by atoms with van der Waals surface area (Å²) in [5.74, 6) is -0.0191. The summed E-state index contributed by atoms with van der Waals surface area (Å²) < 4.78 is 0. The van der Waals surface area contributed by atoms with Crippen LogP contribution in [0.3, 0.4) is 0 Å². The molecule has 1 spiro atoms. The molecule has 4 rings (SSSR count). The summed E-state index contributed by atoms with van der Waals surface area (Å²) in [5.41, 5.74) is -1.31. The van der Waals surface area contributed by atoms with Crippen LogP contribution in [0.15, 0.2) is 0 Å². The van der Waals surface area contributed by atoms with Gasteiger partial charge >= 0.3 is 0 Å². The predicted molar refractivity (Wildman–Crippen MR) is 90.1 cm³/mol. The van der Waals surface area contributed by atoms with E-state index >= 15 is 0 Å². The third-order valence-corrected chi connectivity index (χ3v) is 8.84. The van der Waals surface area contributed by atoms with Crippen LogP contribution in [0, 0.1) is 39.9 Å². The minimum absolute atomic E-state index is 0.0210. The fourth-order valence-electron chi connectivity index (χ4n) is 7.79. The van der Waals surface area contributed by atoms with E-state index in [1.807, 2.05) is 6.92 Å². The molecule has 8 atom stereocenters. The second kappa shape index (κ2) is 5.05. The minimum atomic E-state index is -1.03. The van der Waals surface area contributed by atoms with Crippen molar-refractivity contribution in [2.24, 2.45) is 39.9 Å². The molecular weight excluding hydrogens is 304 g/mol. The van der Waals surface area contributed by atoms with E-state index < -0.39 is 17.6 Å². The maximum Gasteiger partial charge on any atom is 0.147 e. The van der Waals surface area contributed by atoms with Gasteiger partial charge in [0, 0.05) is 17.9 Å². The molecule has 3 N–H and O–H groups in total. The molecule has 8 unspecified atom stereocenters. The van der Waals surface area contributed by atoms with Crippen LogP contribution < -0.4 is 0 Å². The van der Waals surface area contributed by atoms with Crippen molar-refractivity contribution in [3.63, 3.8) is 0 Å². The van der Waals surface area contributed by atoms with E-state index in [-0.39, 0.29) is 46.9 Å². The molecule has 4 nitrogen and oxygen atoms in total. The monoisotopic (exact) mass is 336 g/mol. The van der Waals surface area contributed by atoms with Crippen LogP contribution >= 0.6 is 0 Å². The van der Waals surface area contributed by atoms with Gasteiger partial charge in [0.25, 0.3) is 0 Å². The fourth-order valence-corrected chi connectivity index (χ4v) is 7.79. The molecule has 4 saturated carbocycles. The Morgan fingerprint density at radius 2 is 1.83 bits per heavy atom. The van der Waals surface area contributed by atoms with E-state index in [2.05, 4.69) is 13.8 Å². The molecule has 24 heavy (non-hydrogen) atoms. The molecule has 4 aliphatic carbocycles. The minimum Gasteiger partial charge on any atom is -0.396 e. The van der Waals surface area contributed by atoms with Crippen LogP contribution in [-0.2, 0) is 4.79 Å². The average Bonchev–Trinajstić information content (AvgIpc) is 2.65. The number of hydrogen-bond donors (Lipinski definition) is 3. The Balaban J connectivity index is 1.89. The summed E-state index contributed by atoms with van der Waals surface area (Å²) in [7, 11) is 0. The summed E-state index contributed by atoms with van der Waals surface area (Å²) in [6, 6.07) is 0. The van der Waals surface area contributed by atoms with Crippen LogP contribution in [-0.4, -0.2) is 39.9 Å². The summed E-state index contributed by atoms with van der Waals surface area (Å²) in [4.78, 5) is 13.3. The van der Waals surface area contributed by atoms with Gasteiger partial charge in [0.2, 0.25) is 0 Å². The third-order valence-electron chi connectivity index (χ3n) is 8.84. The Labute approximate surface area is 144 Å². The smallest absolute Gasteiger partial charge is 0.147 e. The molecule has 0 amide bonds. The molecule has 2 bridgehead atoms. The lowest BCUT2D eigenvalue weighted by atomic mass is 9.39. The Morgan fingerprint density at radius 3 is 2.50 bits per heavy atom. The van der Waals surface area contributed by atoms with E-state index in [0.717, 1.165) is 32.1 Å². The van der Waals surface area contributed by atoms with Crippen molar-refractivity contribution in [1.29, 1.82) is 0 Å². The summed E-state index contributed by atoms with van der Waals surface area (Å²) in [6.45, 7) is 6.47. The quantitative estimate of drug-likeness (QED) is 0.686. The van der Waals surface area contributed by atoms with E-state index in [4.69, 9.17) is 0 Å². The van der Waals surface area contributed by atoms with E-state index in [1.54, 1.807) is 0 Å². The van der Waals surface area contributed by atoms with Crippen LogP contribution in [0.25, 0.3) is 0 Å². The van der Waals surface area contributed by atoms with Gasteiger partial charge in [-0.15, -0.1) is 0 Å². The largest absolute Gasteiger partial charge is 0.396 e. The summed E-state index contributed by atoms with van der Waals surface area (Å²) in [5, 5.41) is 32.8. The topological polar surface area (TPSA) is 77.8 Å². The highest BCUT2D eigenvalue weighted by molar-refractivity contribution is 5.92. The zero-order chi connectivity index (χ0) is 17.5. The number of carbonyl (C=O) groups excluding carboxylic acids is 1. The van der Waals surface area contributed by atoms with Crippen molar-refractivity contribution in [3.8, 4) is 0 Å². The van der Waals surface area contributed by atoms with Gasteiger partial charge in [-0.1, -0.05) is 27.2 Å². The van der Waals surface area contributed by atoms with E-state index in [9.17, 15) is 20.1 Å². The van der Waals surface area contributed by atoms with Crippen molar-refractivity contribution < 1.29 is 20.1 Å². The van der Waals surface area contributed by atoms with Crippen molar-refractivity contribution in [3.05, 3.63) is 0 Å². The lowest BCUT2D eigenvalue weighted by molar-refractivity contribution is -0.239. The molecular formula is C20H32O4. The molecule has 0 heterocycles. The number of aliphatic hydroxyl groups excluding tert-OH is 3. The molecule has 4 heteroatoms. The van der Waals surface area contributed by atoms with Gasteiger partial charge in [-0.25, -0.2) is 0 Å². The Hall–Kier alpha value is -0.450. The first kappa shape index (κ1) is 17.0. The molecule has 0 aromatic heterocycles. The highest BCUT2D eigenvalue weighted by Crippen LogP contribution is 2.71. The molecule has 0 aromatic carbocycles. The molecule has 0 aliphatic heterocycles. The fraction of sp³-hybridized carbons (Fsp3) is 0.950. The highest BCUT2D eigenvalue weighted by atomic mass is 16.3. The van der Waals surface area contributed by atoms with Gasteiger partial charge in [0.1, 0.15) is 5.78 Å². The molecule has 136 valence electrons. The van der Waals surface area contributed by atoms with Gasteiger partial charge in [-0.3, -0.25) is 4.79 Å². The summed E-state index contributed by atoms with van der Waals surface area (Å²) >= 11 is 0. The van der Waals surface area contributed by atoms with E-state index in [0.29, 0.717) is 6.42 Å². The van der Waals surface area contributed by atoms with Crippen molar-refractivity contribution >= 4 is 5.78 Å². The van der Waals surface area contributed by atoms with E-state index in [1.165, 1.54) is 0 Å². The predicted octanol–water partition coefficient (Wildman–Crippen LogP) is 2.15. The van der Waals surface area contributed by atoms with Crippen molar-refractivity contribution in [2.45, 2.75) is 71.5 Å². The van der Waals surface area contributed by atoms with Crippen LogP contribution in [0.4, 0.5) is 0 Å². The van der Waals surface area contributed by atoms with Crippen LogP contribution in [0.2, 0.25) is 0 Å².